The first-order chi connectivity index (χ1) is 17.6. The van der Waals surface area contributed by atoms with Crippen LogP contribution in [0.25, 0.3) is 16.1 Å². The van der Waals surface area contributed by atoms with Crippen LogP contribution in [0.3, 0.4) is 0 Å². The molecule has 0 N–H and O–H groups in total. The maximum absolute atomic E-state index is 13.4. The van der Waals surface area contributed by atoms with E-state index in [1.165, 1.54) is 20.3 Å². The van der Waals surface area contributed by atoms with Gasteiger partial charge in [0.15, 0.2) is 0 Å². The molecule has 2 heterocycles. The number of hydrogen-bond donors (Lipinski definition) is 0. The van der Waals surface area contributed by atoms with Crippen LogP contribution in [0.1, 0.15) is 51.9 Å². The quantitative estimate of drug-likeness (QED) is 0.229. The molecule has 2 aromatic heterocycles. The monoisotopic (exact) mass is 557 g/mol. The van der Waals surface area contributed by atoms with E-state index in [0.717, 1.165) is 34.7 Å². The number of benzene rings is 2. The van der Waals surface area contributed by atoms with Crippen LogP contribution in [0.2, 0.25) is 5.02 Å². The summed E-state index contributed by atoms with van der Waals surface area (Å²) < 4.78 is 28.5. The minimum Gasteiger partial charge on any atom is -0.755 e. The van der Waals surface area contributed by atoms with E-state index in [1.807, 2.05) is 68.6 Å². The molecule has 196 valence electrons. The summed E-state index contributed by atoms with van der Waals surface area (Å²) in [5, 5.41) is 6.99. The average Bonchev–Trinajstić information content (AvgIpc) is 3.42. The van der Waals surface area contributed by atoms with E-state index in [2.05, 4.69) is 12.0 Å². The van der Waals surface area contributed by atoms with Crippen molar-refractivity contribution in [2.45, 2.75) is 59.0 Å². The molecule has 0 fully saturated rings. The van der Waals surface area contributed by atoms with Crippen molar-refractivity contribution in [1.82, 2.24) is 14.3 Å². The van der Waals surface area contributed by atoms with Crippen molar-refractivity contribution in [2.24, 2.45) is 0 Å². The largest absolute Gasteiger partial charge is 0.755 e. The van der Waals surface area contributed by atoms with Gasteiger partial charge in [-0.2, -0.15) is 4.68 Å². The lowest BCUT2D eigenvalue weighted by atomic mass is 10.1. The lowest BCUT2D eigenvalue weighted by Crippen LogP contribution is -2.42. The fraction of sp³-hybridized carbons (Fsp3) is 0.333. The molecule has 0 saturated carbocycles. The first kappa shape index (κ1) is 27.3. The summed E-state index contributed by atoms with van der Waals surface area (Å²) in [6.07, 6.45) is 2.60. The summed E-state index contributed by atoms with van der Waals surface area (Å²) in [7, 11) is 0. The van der Waals surface area contributed by atoms with Gasteiger partial charge in [0.25, 0.3) is 0 Å². The molecule has 2 aromatic carbocycles. The Morgan fingerprint density at radius 1 is 1.11 bits per heavy atom. The molecular formula is C27H30ClN4O3S2-. The van der Waals surface area contributed by atoms with E-state index in [0.29, 0.717) is 29.4 Å². The maximum Gasteiger partial charge on any atom is 0.351 e. The predicted molar refractivity (Wildman–Crippen MR) is 151 cm³/mol. The van der Waals surface area contributed by atoms with Crippen LogP contribution >= 0.6 is 22.9 Å². The molecule has 0 spiro atoms. The molecule has 0 radical (unpaired) electrons. The van der Waals surface area contributed by atoms with Gasteiger partial charge in [-0.05, 0) is 61.9 Å². The van der Waals surface area contributed by atoms with E-state index < -0.39 is 16.8 Å². The van der Waals surface area contributed by atoms with Crippen LogP contribution < -0.4 is 9.99 Å². The number of aryl methyl sites for hydroxylation is 1. The summed E-state index contributed by atoms with van der Waals surface area (Å²) in [4.78, 5) is 14.3. The van der Waals surface area contributed by atoms with E-state index in [4.69, 9.17) is 11.6 Å². The number of para-hydroxylation sites is 1. The number of thiophene rings is 1. The Labute approximate surface area is 228 Å². The molecule has 0 aliphatic rings. The molecule has 0 saturated heterocycles. The molecule has 37 heavy (non-hydrogen) atoms. The van der Waals surface area contributed by atoms with Gasteiger partial charge in [0, 0.05) is 23.2 Å². The molecule has 7 nitrogen and oxygen atoms in total. The fourth-order valence-corrected chi connectivity index (χ4v) is 6.10. The second-order valence-corrected chi connectivity index (χ2v) is 11.9. The molecule has 4 rings (SSSR count). The SMILES string of the molecule is CCCCc1nn(-c2ccccc2Cl)c(=O)n1Cc1ccc(-c2sccc2N(S(=O)[O-])C(C)(C)C)cc1. The van der Waals surface area contributed by atoms with Crippen LogP contribution in [0, 0.1) is 0 Å². The Morgan fingerprint density at radius 3 is 2.43 bits per heavy atom. The van der Waals surface area contributed by atoms with Crippen LogP contribution in [0.4, 0.5) is 5.69 Å². The standard InChI is InChI=1S/C27H31ClN4O3S2/c1-5-6-11-24-29-31(22-10-8-7-9-21(22)28)26(33)30(24)18-19-12-14-20(15-13-19)25-23(16-17-36-25)32(37(34)35)27(2,3)4/h7-10,12-17H,5-6,11,18H2,1-4H3,(H,34,35)/p-1. The van der Waals surface area contributed by atoms with Crippen molar-refractivity contribution in [3.63, 3.8) is 0 Å². The van der Waals surface area contributed by atoms with Gasteiger partial charge in [-0.15, -0.1) is 16.4 Å². The molecule has 4 aromatic rings. The molecule has 0 aliphatic carbocycles. The highest BCUT2D eigenvalue weighted by Crippen LogP contribution is 2.39. The van der Waals surface area contributed by atoms with Gasteiger partial charge in [0.05, 0.1) is 27.8 Å². The summed E-state index contributed by atoms with van der Waals surface area (Å²) >= 11 is 5.44. The van der Waals surface area contributed by atoms with Crippen LogP contribution in [0.5, 0.6) is 0 Å². The average molecular weight is 558 g/mol. The van der Waals surface area contributed by atoms with Crippen LogP contribution in [0.15, 0.2) is 64.8 Å². The Kier molecular flexibility index (Phi) is 8.38. The molecule has 0 bridgehead atoms. The van der Waals surface area contributed by atoms with Crippen LogP contribution in [-0.2, 0) is 24.2 Å². The number of rotatable bonds is 9. The van der Waals surface area contributed by atoms with Crippen molar-refractivity contribution in [2.75, 3.05) is 4.31 Å². The highest BCUT2D eigenvalue weighted by atomic mass is 35.5. The second-order valence-electron chi connectivity index (χ2n) is 9.77. The minimum absolute atomic E-state index is 0.234. The molecule has 1 unspecified atom stereocenters. The molecule has 1 atom stereocenters. The predicted octanol–water partition coefficient (Wildman–Crippen LogP) is 6.21. The number of aromatic nitrogens is 3. The normalized spacial score (nSPS) is 12.6. The van der Waals surface area contributed by atoms with Gasteiger partial charge in [-0.1, -0.05) is 61.3 Å². The lowest BCUT2D eigenvalue weighted by molar-refractivity contribution is 0.498. The Hall–Kier alpha value is -2.72. The Bertz CT molecular complexity index is 1450. The van der Waals surface area contributed by atoms with E-state index in [-0.39, 0.29) is 5.69 Å². The summed E-state index contributed by atoms with van der Waals surface area (Å²) in [6.45, 7) is 8.07. The fourth-order valence-electron chi connectivity index (χ4n) is 4.18. The number of anilines is 1. The zero-order valence-electron chi connectivity index (χ0n) is 21.3. The summed E-state index contributed by atoms with van der Waals surface area (Å²) in [5.41, 5.74) is 2.24. The molecule has 10 heteroatoms. The van der Waals surface area contributed by atoms with Gasteiger partial charge >= 0.3 is 5.69 Å². The zero-order chi connectivity index (χ0) is 26.7. The first-order valence-electron chi connectivity index (χ1n) is 12.1. The number of unbranched alkanes of at least 4 members (excludes halogenated alkanes) is 1. The number of halogens is 1. The Balaban J connectivity index is 1.67. The first-order valence-corrected chi connectivity index (χ1v) is 14.4. The Morgan fingerprint density at radius 2 is 1.81 bits per heavy atom. The topological polar surface area (TPSA) is 83.2 Å². The number of hydrogen-bond acceptors (Lipinski definition) is 5. The van der Waals surface area contributed by atoms with Gasteiger partial charge < -0.3 is 4.55 Å². The minimum atomic E-state index is -2.41. The van der Waals surface area contributed by atoms with Crippen molar-refractivity contribution in [3.8, 4) is 16.1 Å². The van der Waals surface area contributed by atoms with Gasteiger partial charge in [0.2, 0.25) is 0 Å². The summed E-state index contributed by atoms with van der Waals surface area (Å²) in [5.74, 6) is 0.718. The summed E-state index contributed by atoms with van der Waals surface area (Å²) in [6, 6.07) is 16.9. The van der Waals surface area contributed by atoms with Crippen molar-refractivity contribution in [3.05, 3.63) is 86.9 Å². The lowest BCUT2D eigenvalue weighted by Gasteiger charge is -2.38. The third-order valence-corrected chi connectivity index (χ3v) is 8.27. The smallest absolute Gasteiger partial charge is 0.351 e. The second kappa shape index (κ2) is 11.3. The van der Waals surface area contributed by atoms with Gasteiger partial charge in [-0.25, -0.2) is 4.79 Å². The maximum atomic E-state index is 13.4. The van der Waals surface area contributed by atoms with E-state index in [9.17, 15) is 13.6 Å². The van der Waals surface area contributed by atoms with Crippen molar-refractivity contribution >= 4 is 39.9 Å². The molecular weight excluding hydrogens is 528 g/mol. The van der Waals surface area contributed by atoms with Crippen molar-refractivity contribution in [1.29, 1.82) is 0 Å². The van der Waals surface area contributed by atoms with Gasteiger partial charge in [0.1, 0.15) is 5.82 Å². The zero-order valence-corrected chi connectivity index (χ0v) is 23.7. The van der Waals surface area contributed by atoms with E-state index in [1.54, 1.807) is 16.7 Å². The van der Waals surface area contributed by atoms with Crippen LogP contribution in [-0.4, -0.2) is 28.6 Å². The molecule has 0 amide bonds. The highest BCUT2D eigenvalue weighted by molar-refractivity contribution is 7.80. The molecule has 0 aliphatic heterocycles. The van der Waals surface area contributed by atoms with Gasteiger partial charge in [-0.3, -0.25) is 13.1 Å². The van der Waals surface area contributed by atoms with E-state index >= 15 is 0 Å². The third kappa shape index (κ3) is 5.90. The third-order valence-electron chi connectivity index (χ3n) is 5.95. The van der Waals surface area contributed by atoms with Crippen molar-refractivity contribution < 1.29 is 8.76 Å². The highest BCUT2D eigenvalue weighted by Gasteiger charge is 2.26. The number of nitrogens with zero attached hydrogens (tertiary/aromatic N) is 4.